The number of benzene rings is 3. The predicted octanol–water partition coefficient (Wildman–Crippen LogP) is 5.37. The van der Waals surface area contributed by atoms with Gasteiger partial charge in [0, 0.05) is 41.0 Å². The molecule has 3 N–H and O–H groups in total. The summed E-state index contributed by atoms with van der Waals surface area (Å²) in [5.41, 5.74) is 7.06. The Morgan fingerprint density at radius 3 is 2.25 bits per heavy atom. The van der Waals surface area contributed by atoms with Crippen LogP contribution in [0.15, 0.2) is 60.7 Å². The van der Waals surface area contributed by atoms with Gasteiger partial charge in [-0.05, 0) is 72.1 Å². The van der Waals surface area contributed by atoms with E-state index >= 15 is 0 Å². The standard InChI is InChI=1S/C27H25ClF2N4O2/c1-27(2,15-32)16-34(26(36)18-5-3-17(13-31)4-6-18)14-20-11-23(7-8-24(20)28)33-25(35)19-9-21(29)12-22(30)10-19/h3-12H,14-16,32H2,1-2H3,(H,33,35). The van der Waals surface area contributed by atoms with Gasteiger partial charge in [0.25, 0.3) is 11.8 Å². The van der Waals surface area contributed by atoms with Crippen LogP contribution in [0.2, 0.25) is 5.02 Å². The largest absolute Gasteiger partial charge is 0.334 e. The molecule has 0 aliphatic carbocycles. The van der Waals surface area contributed by atoms with Crippen LogP contribution in [0.25, 0.3) is 0 Å². The quantitative estimate of drug-likeness (QED) is 0.425. The van der Waals surface area contributed by atoms with E-state index in [1.807, 2.05) is 19.9 Å². The number of amides is 2. The summed E-state index contributed by atoms with van der Waals surface area (Å²) >= 11 is 6.42. The topological polar surface area (TPSA) is 99.2 Å². The van der Waals surface area contributed by atoms with E-state index in [4.69, 9.17) is 22.6 Å². The lowest BCUT2D eigenvalue weighted by molar-refractivity contribution is 0.0673. The van der Waals surface area contributed by atoms with Crippen molar-refractivity contribution in [2.24, 2.45) is 11.1 Å². The second-order valence-electron chi connectivity index (χ2n) is 9.14. The van der Waals surface area contributed by atoms with E-state index < -0.39 is 23.0 Å². The number of hydrogen-bond acceptors (Lipinski definition) is 4. The van der Waals surface area contributed by atoms with Crippen molar-refractivity contribution in [3.8, 4) is 6.07 Å². The van der Waals surface area contributed by atoms with E-state index in [0.29, 0.717) is 46.6 Å². The molecular formula is C27H25ClF2N4O2. The van der Waals surface area contributed by atoms with Gasteiger partial charge in [0.05, 0.1) is 11.6 Å². The van der Waals surface area contributed by atoms with Gasteiger partial charge in [-0.3, -0.25) is 9.59 Å². The number of nitriles is 1. The van der Waals surface area contributed by atoms with Gasteiger partial charge >= 0.3 is 0 Å². The lowest BCUT2D eigenvalue weighted by Gasteiger charge is -2.32. The summed E-state index contributed by atoms with van der Waals surface area (Å²) in [5, 5.41) is 12.0. The Labute approximate surface area is 213 Å². The molecule has 36 heavy (non-hydrogen) atoms. The molecule has 0 radical (unpaired) electrons. The predicted molar refractivity (Wildman–Crippen MR) is 134 cm³/mol. The molecule has 0 unspecified atom stereocenters. The van der Waals surface area contributed by atoms with Crippen LogP contribution in [0.4, 0.5) is 14.5 Å². The van der Waals surface area contributed by atoms with Crippen LogP contribution in [-0.2, 0) is 6.54 Å². The molecule has 0 spiro atoms. The Morgan fingerprint density at radius 2 is 1.67 bits per heavy atom. The monoisotopic (exact) mass is 510 g/mol. The van der Waals surface area contributed by atoms with E-state index in [1.165, 1.54) is 0 Å². The SMILES string of the molecule is CC(C)(CN)CN(Cc1cc(NC(=O)c2cc(F)cc(F)c2)ccc1Cl)C(=O)c1ccc(C#N)cc1. The average molecular weight is 511 g/mol. The number of nitrogens with two attached hydrogens (primary N) is 1. The van der Waals surface area contributed by atoms with Crippen molar-refractivity contribution >= 4 is 29.1 Å². The fourth-order valence-corrected chi connectivity index (χ4v) is 3.70. The van der Waals surface area contributed by atoms with E-state index in [0.717, 1.165) is 12.1 Å². The van der Waals surface area contributed by atoms with Crippen LogP contribution in [-0.4, -0.2) is 29.8 Å². The first-order chi connectivity index (χ1) is 17.0. The van der Waals surface area contributed by atoms with Gasteiger partial charge in [-0.2, -0.15) is 5.26 Å². The molecule has 9 heteroatoms. The van der Waals surface area contributed by atoms with Crippen molar-refractivity contribution in [3.63, 3.8) is 0 Å². The van der Waals surface area contributed by atoms with Crippen molar-refractivity contribution < 1.29 is 18.4 Å². The van der Waals surface area contributed by atoms with Gasteiger partial charge in [-0.1, -0.05) is 25.4 Å². The molecule has 0 atom stereocenters. The lowest BCUT2D eigenvalue weighted by Crippen LogP contribution is -2.41. The second kappa shape index (κ2) is 11.3. The highest BCUT2D eigenvalue weighted by atomic mass is 35.5. The number of nitrogens with one attached hydrogen (secondary N) is 1. The molecule has 0 fully saturated rings. The van der Waals surface area contributed by atoms with E-state index in [2.05, 4.69) is 5.32 Å². The van der Waals surface area contributed by atoms with Crippen LogP contribution in [0.5, 0.6) is 0 Å². The van der Waals surface area contributed by atoms with Crippen molar-refractivity contribution in [1.29, 1.82) is 5.26 Å². The van der Waals surface area contributed by atoms with Crippen LogP contribution in [0.3, 0.4) is 0 Å². The van der Waals surface area contributed by atoms with Gasteiger partial charge in [0.15, 0.2) is 0 Å². The third kappa shape index (κ3) is 6.87. The highest BCUT2D eigenvalue weighted by Gasteiger charge is 2.26. The fraction of sp³-hybridized carbons (Fsp3) is 0.222. The third-order valence-corrected chi connectivity index (χ3v) is 5.88. The highest BCUT2D eigenvalue weighted by Crippen LogP contribution is 2.26. The van der Waals surface area contributed by atoms with Crippen molar-refractivity contribution in [1.82, 2.24) is 4.90 Å². The number of rotatable bonds is 8. The summed E-state index contributed by atoms with van der Waals surface area (Å²) in [6, 6.07) is 15.6. The van der Waals surface area contributed by atoms with Gasteiger partial charge < -0.3 is 16.0 Å². The minimum absolute atomic E-state index is 0.111. The molecule has 0 saturated carbocycles. The molecular weight excluding hydrogens is 486 g/mol. The zero-order valence-electron chi connectivity index (χ0n) is 19.8. The first-order valence-corrected chi connectivity index (χ1v) is 11.4. The molecule has 0 heterocycles. The number of carbonyl (C=O) groups excluding carboxylic acids is 2. The van der Waals surface area contributed by atoms with Crippen molar-refractivity contribution in [2.75, 3.05) is 18.4 Å². The summed E-state index contributed by atoms with van der Waals surface area (Å²) in [4.78, 5) is 27.5. The minimum atomic E-state index is -0.864. The number of halogens is 3. The Balaban J connectivity index is 1.88. The van der Waals surface area contributed by atoms with Crippen LogP contribution < -0.4 is 11.1 Å². The minimum Gasteiger partial charge on any atom is -0.334 e. The Morgan fingerprint density at radius 1 is 1.03 bits per heavy atom. The number of anilines is 1. The first kappa shape index (κ1) is 26.8. The molecule has 0 aliphatic heterocycles. The van der Waals surface area contributed by atoms with Crippen LogP contribution >= 0.6 is 11.6 Å². The maximum Gasteiger partial charge on any atom is 0.255 e. The first-order valence-electron chi connectivity index (χ1n) is 11.1. The molecule has 6 nitrogen and oxygen atoms in total. The smallest absolute Gasteiger partial charge is 0.255 e. The summed E-state index contributed by atoms with van der Waals surface area (Å²) < 4.78 is 27.0. The van der Waals surface area contributed by atoms with Crippen LogP contribution in [0.1, 0.15) is 45.7 Å². The lowest BCUT2D eigenvalue weighted by atomic mass is 9.92. The molecule has 0 aromatic heterocycles. The molecule has 3 rings (SSSR count). The van der Waals surface area contributed by atoms with E-state index in [9.17, 15) is 18.4 Å². The van der Waals surface area contributed by atoms with Crippen LogP contribution in [0, 0.1) is 28.4 Å². The molecule has 0 bridgehead atoms. The Kier molecular flexibility index (Phi) is 8.41. The third-order valence-electron chi connectivity index (χ3n) is 5.51. The maximum atomic E-state index is 13.5. The molecule has 2 amide bonds. The summed E-state index contributed by atoms with van der Waals surface area (Å²) in [7, 11) is 0. The normalized spacial score (nSPS) is 11.0. The van der Waals surface area contributed by atoms with E-state index in [1.54, 1.807) is 47.4 Å². The summed E-state index contributed by atoms with van der Waals surface area (Å²) in [6.07, 6.45) is 0. The summed E-state index contributed by atoms with van der Waals surface area (Å²) in [6.45, 7) is 4.63. The maximum absolute atomic E-state index is 13.5. The van der Waals surface area contributed by atoms with Crippen molar-refractivity contribution in [2.45, 2.75) is 20.4 Å². The molecule has 3 aromatic carbocycles. The average Bonchev–Trinajstić information content (AvgIpc) is 2.84. The molecule has 0 saturated heterocycles. The van der Waals surface area contributed by atoms with Gasteiger partial charge in [0.2, 0.25) is 0 Å². The zero-order valence-corrected chi connectivity index (χ0v) is 20.6. The summed E-state index contributed by atoms with van der Waals surface area (Å²) in [5.74, 6) is -2.70. The zero-order chi connectivity index (χ0) is 26.5. The number of hydrogen-bond donors (Lipinski definition) is 2. The van der Waals surface area contributed by atoms with Gasteiger partial charge in [-0.25, -0.2) is 8.78 Å². The van der Waals surface area contributed by atoms with E-state index in [-0.39, 0.29) is 18.0 Å². The highest BCUT2D eigenvalue weighted by molar-refractivity contribution is 6.31. The Bertz CT molecular complexity index is 1300. The van der Waals surface area contributed by atoms with Gasteiger partial charge in [0.1, 0.15) is 11.6 Å². The molecule has 3 aromatic rings. The molecule has 0 aliphatic rings. The fourth-order valence-electron chi connectivity index (χ4n) is 3.52. The number of carbonyl (C=O) groups is 2. The number of nitrogens with zero attached hydrogens (tertiary/aromatic N) is 2. The Hall–Kier alpha value is -3.80. The second-order valence-corrected chi connectivity index (χ2v) is 9.54. The molecule has 186 valence electrons. The van der Waals surface area contributed by atoms with Crippen molar-refractivity contribution in [3.05, 3.63) is 99.6 Å². The van der Waals surface area contributed by atoms with Gasteiger partial charge in [-0.15, -0.1) is 0 Å².